The van der Waals surface area contributed by atoms with Gasteiger partial charge in [0.15, 0.2) is 0 Å². The number of piperazine rings is 1. The van der Waals surface area contributed by atoms with E-state index in [4.69, 9.17) is 4.74 Å². The number of hydrogen-bond acceptors (Lipinski definition) is 5. The molecule has 2 aromatic carbocycles. The largest absolute Gasteiger partial charge is 0.494 e. The number of rotatable bonds is 8. The third-order valence-electron chi connectivity index (χ3n) is 6.86. The van der Waals surface area contributed by atoms with Gasteiger partial charge in [0.2, 0.25) is 10.0 Å². The highest BCUT2D eigenvalue weighted by molar-refractivity contribution is 7.88. The van der Waals surface area contributed by atoms with E-state index in [2.05, 4.69) is 9.88 Å². The van der Waals surface area contributed by atoms with Gasteiger partial charge in [-0.1, -0.05) is 12.1 Å². The van der Waals surface area contributed by atoms with Crippen molar-refractivity contribution in [1.29, 1.82) is 0 Å². The fourth-order valence-corrected chi connectivity index (χ4v) is 5.90. The SMILES string of the molecule is CS(=O)(=O)N1CCN(CCCOc2ccc3c(c2)CC(c2cccnc2)=C3c2cc(F)cc(F)c2)CC1. The molecule has 1 aliphatic carbocycles. The Labute approximate surface area is 216 Å². The van der Waals surface area contributed by atoms with Crippen molar-refractivity contribution in [2.75, 3.05) is 45.6 Å². The molecule has 5 rings (SSSR count). The van der Waals surface area contributed by atoms with E-state index in [1.165, 1.54) is 22.7 Å². The molecule has 0 unspecified atom stereocenters. The van der Waals surface area contributed by atoms with E-state index in [0.717, 1.165) is 65.7 Å². The van der Waals surface area contributed by atoms with E-state index in [-0.39, 0.29) is 0 Å². The lowest BCUT2D eigenvalue weighted by Gasteiger charge is -2.33. The van der Waals surface area contributed by atoms with Gasteiger partial charge in [0, 0.05) is 51.2 Å². The molecule has 0 atom stereocenters. The molecule has 1 aromatic heterocycles. The number of halogens is 2. The first-order chi connectivity index (χ1) is 17.8. The fourth-order valence-electron chi connectivity index (χ4n) is 5.07. The van der Waals surface area contributed by atoms with Crippen LogP contribution in [0.3, 0.4) is 0 Å². The molecule has 3 aromatic rings. The summed E-state index contributed by atoms with van der Waals surface area (Å²) in [5.74, 6) is -0.476. The summed E-state index contributed by atoms with van der Waals surface area (Å²) in [6, 6.07) is 13.3. The average molecular weight is 526 g/mol. The lowest BCUT2D eigenvalue weighted by atomic mass is 9.95. The summed E-state index contributed by atoms with van der Waals surface area (Å²) in [5, 5.41) is 0. The first-order valence-electron chi connectivity index (χ1n) is 12.3. The van der Waals surface area contributed by atoms with Crippen molar-refractivity contribution >= 4 is 21.2 Å². The molecule has 37 heavy (non-hydrogen) atoms. The highest BCUT2D eigenvalue weighted by Crippen LogP contribution is 2.43. The Morgan fingerprint density at radius 2 is 1.73 bits per heavy atom. The van der Waals surface area contributed by atoms with Crippen LogP contribution in [0.15, 0.2) is 60.9 Å². The van der Waals surface area contributed by atoms with Crippen LogP contribution in [0.4, 0.5) is 8.78 Å². The van der Waals surface area contributed by atoms with Crippen LogP contribution in [0.2, 0.25) is 0 Å². The van der Waals surface area contributed by atoms with Gasteiger partial charge in [0.1, 0.15) is 17.4 Å². The summed E-state index contributed by atoms with van der Waals surface area (Å²) >= 11 is 0. The van der Waals surface area contributed by atoms with E-state index >= 15 is 0 Å². The first-order valence-corrected chi connectivity index (χ1v) is 14.2. The van der Waals surface area contributed by atoms with Gasteiger partial charge in [-0.2, -0.15) is 4.31 Å². The Balaban J connectivity index is 1.26. The molecule has 0 spiro atoms. The van der Waals surface area contributed by atoms with Crippen LogP contribution >= 0.6 is 0 Å². The van der Waals surface area contributed by atoms with E-state index in [1.54, 1.807) is 12.4 Å². The Bertz CT molecular complexity index is 1400. The molecule has 0 amide bonds. The fraction of sp³-hybridized carbons (Fsp3) is 0.321. The molecule has 9 heteroatoms. The maximum absolute atomic E-state index is 14.1. The van der Waals surface area contributed by atoms with Crippen molar-refractivity contribution in [3.63, 3.8) is 0 Å². The Morgan fingerprint density at radius 3 is 2.41 bits per heavy atom. The molecule has 0 N–H and O–H groups in total. The van der Waals surface area contributed by atoms with Gasteiger partial charge >= 0.3 is 0 Å². The minimum absolute atomic E-state index is 0.500. The van der Waals surface area contributed by atoms with Gasteiger partial charge < -0.3 is 9.64 Å². The third kappa shape index (κ3) is 5.89. The monoisotopic (exact) mass is 525 g/mol. The second-order valence-corrected chi connectivity index (χ2v) is 11.4. The van der Waals surface area contributed by atoms with Crippen LogP contribution < -0.4 is 4.74 Å². The van der Waals surface area contributed by atoms with Gasteiger partial charge in [0.25, 0.3) is 0 Å². The zero-order valence-electron chi connectivity index (χ0n) is 20.7. The first kappa shape index (κ1) is 25.5. The standard InChI is InChI=1S/C28H29F2N3O3S/c1-37(34,35)33-11-9-32(10-12-33)8-3-13-36-25-5-6-26-21(16-25)17-27(20-4-2-7-31-19-20)28(26)22-14-23(29)18-24(30)15-22/h2,4-7,14-16,18-19H,3,8-13,17H2,1H3. The Kier molecular flexibility index (Phi) is 7.37. The lowest BCUT2D eigenvalue weighted by molar-refractivity contribution is 0.175. The molecule has 1 aliphatic heterocycles. The predicted molar refractivity (Wildman–Crippen MR) is 140 cm³/mol. The number of allylic oxidation sites excluding steroid dienone is 1. The highest BCUT2D eigenvalue weighted by atomic mass is 32.2. The minimum atomic E-state index is -3.13. The van der Waals surface area contributed by atoms with E-state index < -0.39 is 21.7 Å². The van der Waals surface area contributed by atoms with Crippen molar-refractivity contribution in [3.8, 4) is 5.75 Å². The normalized spacial score (nSPS) is 16.7. The number of aromatic nitrogens is 1. The second-order valence-electron chi connectivity index (χ2n) is 9.45. The minimum Gasteiger partial charge on any atom is -0.494 e. The maximum atomic E-state index is 14.1. The summed E-state index contributed by atoms with van der Waals surface area (Å²) < 4.78 is 59.1. The van der Waals surface area contributed by atoms with Gasteiger partial charge in [-0.15, -0.1) is 0 Å². The van der Waals surface area contributed by atoms with Crippen LogP contribution in [0.25, 0.3) is 11.1 Å². The summed E-state index contributed by atoms with van der Waals surface area (Å²) in [5.41, 5.74) is 5.16. The topological polar surface area (TPSA) is 62.7 Å². The maximum Gasteiger partial charge on any atom is 0.211 e. The molecule has 194 valence electrons. The molecule has 0 saturated carbocycles. The zero-order valence-corrected chi connectivity index (χ0v) is 21.5. The van der Waals surface area contributed by atoms with Crippen LogP contribution in [0, 0.1) is 11.6 Å². The molecular weight excluding hydrogens is 496 g/mol. The molecule has 1 saturated heterocycles. The quantitative estimate of drug-likeness (QED) is 0.412. The predicted octanol–water partition coefficient (Wildman–Crippen LogP) is 4.22. The van der Waals surface area contributed by atoms with Crippen LogP contribution in [-0.2, 0) is 16.4 Å². The highest BCUT2D eigenvalue weighted by Gasteiger charge is 2.26. The number of benzene rings is 2. The van der Waals surface area contributed by atoms with Crippen LogP contribution in [-0.4, -0.2) is 68.2 Å². The molecule has 1 fully saturated rings. The van der Waals surface area contributed by atoms with E-state index in [9.17, 15) is 17.2 Å². The Morgan fingerprint density at radius 1 is 0.973 bits per heavy atom. The number of hydrogen-bond donors (Lipinski definition) is 0. The summed E-state index contributed by atoms with van der Waals surface area (Å²) in [7, 11) is -3.13. The van der Waals surface area contributed by atoms with Crippen molar-refractivity contribution < 1.29 is 21.9 Å². The lowest BCUT2D eigenvalue weighted by Crippen LogP contribution is -2.48. The van der Waals surface area contributed by atoms with Crippen LogP contribution in [0.5, 0.6) is 5.75 Å². The van der Waals surface area contributed by atoms with Gasteiger partial charge in [-0.05, 0) is 76.6 Å². The van der Waals surface area contributed by atoms with Crippen molar-refractivity contribution in [1.82, 2.24) is 14.2 Å². The van der Waals surface area contributed by atoms with Crippen molar-refractivity contribution in [2.24, 2.45) is 0 Å². The summed E-state index contributed by atoms with van der Waals surface area (Å²) in [4.78, 5) is 6.49. The second kappa shape index (κ2) is 10.7. The third-order valence-corrected chi connectivity index (χ3v) is 8.17. The Hall–Kier alpha value is -3.14. The summed E-state index contributed by atoms with van der Waals surface area (Å²) in [6.07, 6.45) is 6.15. The number of pyridine rings is 1. The van der Waals surface area contributed by atoms with Gasteiger partial charge in [0.05, 0.1) is 12.9 Å². The molecular formula is C28H29F2N3O3S. The number of fused-ring (bicyclic) bond motifs is 1. The number of nitrogens with zero attached hydrogens (tertiary/aromatic N) is 3. The van der Waals surface area contributed by atoms with Gasteiger partial charge in [-0.25, -0.2) is 17.2 Å². The smallest absolute Gasteiger partial charge is 0.211 e. The van der Waals surface area contributed by atoms with Crippen LogP contribution in [0.1, 0.15) is 28.7 Å². The molecule has 0 radical (unpaired) electrons. The number of ether oxygens (including phenoxy) is 1. The van der Waals surface area contributed by atoms with Crippen molar-refractivity contribution in [2.45, 2.75) is 12.8 Å². The molecule has 0 bridgehead atoms. The van der Waals surface area contributed by atoms with Gasteiger partial charge in [-0.3, -0.25) is 4.98 Å². The van der Waals surface area contributed by atoms with E-state index in [0.29, 0.717) is 31.7 Å². The number of sulfonamides is 1. The van der Waals surface area contributed by atoms with Crippen molar-refractivity contribution in [3.05, 3.63) is 94.8 Å². The van der Waals surface area contributed by atoms with E-state index in [1.807, 2.05) is 30.3 Å². The molecule has 6 nitrogen and oxygen atoms in total. The zero-order chi connectivity index (χ0) is 26.0. The average Bonchev–Trinajstić information content (AvgIpc) is 3.25. The molecule has 2 aliphatic rings. The molecule has 2 heterocycles. The summed E-state index contributed by atoms with van der Waals surface area (Å²) in [6.45, 7) is 3.86.